The van der Waals surface area contributed by atoms with Crippen molar-refractivity contribution >= 4 is 0 Å². The van der Waals surface area contributed by atoms with Crippen molar-refractivity contribution in [1.29, 1.82) is 0 Å². The summed E-state index contributed by atoms with van der Waals surface area (Å²) in [5, 5.41) is 143. The minimum atomic E-state index is -2.67. The molecule has 0 aromatic carbocycles. The van der Waals surface area contributed by atoms with Crippen LogP contribution in [0.5, 0.6) is 0 Å². The van der Waals surface area contributed by atoms with Gasteiger partial charge >= 0.3 is 0 Å². The molecule has 0 radical (unpaired) electrons. The van der Waals surface area contributed by atoms with Gasteiger partial charge in [-0.1, -0.05) is 0 Å². The quantitative estimate of drug-likeness (QED) is 0.0867. The average molecular weight is 667 g/mol. The second-order valence-electron chi connectivity index (χ2n) is 11.3. The molecule has 0 bridgehead atoms. The normalized spacial score (nSPS) is 52.1. The summed E-state index contributed by atoms with van der Waals surface area (Å²) in [7, 11) is 0. The van der Waals surface area contributed by atoms with Crippen LogP contribution < -0.4 is 0 Å². The molecular formula is C24H42O21. The maximum atomic E-state index is 11.0. The lowest BCUT2D eigenvalue weighted by Gasteiger charge is -2.44. The number of rotatable bonds is 13. The number of aliphatic hydroxyl groups is 14. The Labute approximate surface area is 254 Å². The second-order valence-corrected chi connectivity index (χ2v) is 11.3. The number of hydrogen-bond donors (Lipinski definition) is 14. The van der Waals surface area contributed by atoms with Gasteiger partial charge in [-0.2, -0.15) is 0 Å². The van der Waals surface area contributed by atoms with Crippen LogP contribution in [0.3, 0.4) is 0 Å². The smallest absolute Gasteiger partial charge is 0.224 e. The third-order valence-electron chi connectivity index (χ3n) is 8.48. The van der Waals surface area contributed by atoms with E-state index in [0.29, 0.717) is 0 Å². The summed E-state index contributed by atoms with van der Waals surface area (Å²) in [5.74, 6) is -7.73. The van der Waals surface area contributed by atoms with Crippen LogP contribution in [0.4, 0.5) is 0 Å². The van der Waals surface area contributed by atoms with E-state index >= 15 is 0 Å². The molecule has 21 nitrogen and oxygen atoms in total. The molecule has 0 saturated carbocycles. The van der Waals surface area contributed by atoms with Crippen molar-refractivity contribution in [2.24, 2.45) is 0 Å². The van der Waals surface area contributed by atoms with Gasteiger partial charge in [0.2, 0.25) is 17.4 Å². The Morgan fingerprint density at radius 2 is 0.844 bits per heavy atom. The predicted molar refractivity (Wildman–Crippen MR) is 134 cm³/mol. The monoisotopic (exact) mass is 666 g/mol. The lowest BCUT2D eigenvalue weighted by atomic mass is 9.99. The zero-order valence-corrected chi connectivity index (χ0v) is 23.7. The first-order valence-corrected chi connectivity index (χ1v) is 14.0. The lowest BCUT2D eigenvalue weighted by molar-refractivity contribution is -0.404. The van der Waals surface area contributed by atoms with E-state index < -0.39 is 149 Å². The minimum Gasteiger partial charge on any atom is -0.394 e. The van der Waals surface area contributed by atoms with E-state index in [0.717, 1.165) is 0 Å². The first kappa shape index (κ1) is 37.0. The maximum absolute atomic E-state index is 11.0. The van der Waals surface area contributed by atoms with Crippen LogP contribution in [0.25, 0.3) is 0 Å². The number of hydrogen-bond acceptors (Lipinski definition) is 21. The fraction of sp³-hybridized carbons (Fsp3) is 1.00. The molecule has 264 valence electrons. The highest BCUT2D eigenvalue weighted by Crippen LogP contribution is 2.41. The standard InChI is InChI=1S/C24H42O21/c25-1-8-12(30)16(34)17(35)21(41-8)45-24(20(38)15(33)11(4-28)44-24)7-40-23(19(37)14(32)10(3-27)43-23)6-39-22(5-29)18(36)13(31)9(2-26)42-22/h8-21,25-38H,1-7H2/t8?,9-,10-,11-,12-,13?,14?,15?,16?,17?,18?,19?,20?,21-,22-,23-,24?/m1/s1. The van der Waals surface area contributed by atoms with Crippen molar-refractivity contribution in [3.8, 4) is 0 Å². The van der Waals surface area contributed by atoms with E-state index in [4.69, 9.17) is 33.2 Å². The van der Waals surface area contributed by atoms with Crippen molar-refractivity contribution < 1.29 is 105 Å². The van der Waals surface area contributed by atoms with Gasteiger partial charge in [0.25, 0.3) is 0 Å². The molecule has 0 aromatic rings. The van der Waals surface area contributed by atoms with Crippen LogP contribution in [0.15, 0.2) is 0 Å². The SMILES string of the molecule is OCC1O[C@H](OC2(CO[C@]3(CO[C@]4(CO)O[C@H](CO)C(O)C4O)O[C@H](CO)C(O)C3O)O[C@H](CO)C(O)C2O)C(O)C(O)[C@@H]1O. The molecule has 0 aliphatic carbocycles. The van der Waals surface area contributed by atoms with E-state index in [1.54, 1.807) is 0 Å². The van der Waals surface area contributed by atoms with E-state index in [-0.39, 0.29) is 0 Å². The van der Waals surface area contributed by atoms with Crippen LogP contribution in [-0.4, -0.2) is 221 Å². The molecule has 0 aromatic heterocycles. The Hall–Kier alpha value is -0.840. The zero-order valence-electron chi connectivity index (χ0n) is 23.7. The minimum absolute atomic E-state index is 0.809. The third-order valence-corrected chi connectivity index (χ3v) is 8.48. The fourth-order valence-electron chi connectivity index (χ4n) is 5.65. The molecule has 4 rings (SSSR count). The van der Waals surface area contributed by atoms with Crippen LogP contribution in [0, 0.1) is 0 Å². The Balaban J connectivity index is 1.65. The van der Waals surface area contributed by atoms with Gasteiger partial charge in [0.05, 0.1) is 26.4 Å². The highest BCUT2D eigenvalue weighted by atomic mass is 16.8. The molecule has 4 aliphatic heterocycles. The second kappa shape index (κ2) is 14.3. The molecule has 4 saturated heterocycles. The highest BCUT2D eigenvalue weighted by Gasteiger charge is 2.64. The topological polar surface area (TPSA) is 348 Å². The Kier molecular flexibility index (Phi) is 11.8. The highest BCUT2D eigenvalue weighted by molar-refractivity contribution is 5.03. The molecule has 4 heterocycles. The molecule has 10 unspecified atom stereocenters. The Bertz CT molecular complexity index is 962. The first-order valence-electron chi connectivity index (χ1n) is 14.0. The largest absolute Gasteiger partial charge is 0.394 e. The Morgan fingerprint density at radius 3 is 1.31 bits per heavy atom. The molecular weight excluding hydrogens is 624 g/mol. The van der Waals surface area contributed by atoms with E-state index in [9.17, 15) is 71.5 Å². The van der Waals surface area contributed by atoms with E-state index in [1.807, 2.05) is 0 Å². The van der Waals surface area contributed by atoms with Gasteiger partial charge in [0, 0.05) is 0 Å². The first-order chi connectivity index (χ1) is 21.2. The molecule has 17 atom stereocenters. The summed E-state index contributed by atoms with van der Waals surface area (Å²) in [6.07, 6.45) is -25.6. The summed E-state index contributed by atoms with van der Waals surface area (Å²) < 4.78 is 38.7. The molecule has 14 N–H and O–H groups in total. The van der Waals surface area contributed by atoms with Gasteiger partial charge in [-0.05, 0) is 0 Å². The maximum Gasteiger partial charge on any atom is 0.224 e. The van der Waals surface area contributed by atoms with Crippen molar-refractivity contribution in [3.63, 3.8) is 0 Å². The van der Waals surface area contributed by atoms with Gasteiger partial charge in [-0.25, -0.2) is 0 Å². The van der Waals surface area contributed by atoms with Crippen molar-refractivity contribution in [1.82, 2.24) is 0 Å². The predicted octanol–water partition coefficient (Wildman–Crippen LogP) is -9.74. The van der Waals surface area contributed by atoms with Crippen molar-refractivity contribution in [2.75, 3.05) is 46.2 Å². The Morgan fingerprint density at radius 1 is 0.444 bits per heavy atom. The van der Waals surface area contributed by atoms with Crippen LogP contribution in [0.2, 0.25) is 0 Å². The van der Waals surface area contributed by atoms with Crippen LogP contribution in [-0.2, 0) is 33.2 Å². The molecule has 0 spiro atoms. The summed E-state index contributed by atoms with van der Waals surface area (Å²) in [6.45, 7) is -6.84. The zero-order chi connectivity index (χ0) is 33.5. The fourth-order valence-corrected chi connectivity index (χ4v) is 5.65. The van der Waals surface area contributed by atoms with Crippen LogP contribution >= 0.6 is 0 Å². The van der Waals surface area contributed by atoms with E-state index in [1.165, 1.54) is 0 Å². The van der Waals surface area contributed by atoms with Gasteiger partial charge in [0.1, 0.15) is 99.2 Å². The van der Waals surface area contributed by atoms with Gasteiger partial charge in [0.15, 0.2) is 6.29 Å². The average Bonchev–Trinajstić information content (AvgIpc) is 3.55. The van der Waals surface area contributed by atoms with Crippen LogP contribution in [0.1, 0.15) is 0 Å². The van der Waals surface area contributed by atoms with Gasteiger partial charge < -0.3 is 105 Å². The molecule has 4 fully saturated rings. The summed E-state index contributed by atoms with van der Waals surface area (Å²) in [4.78, 5) is 0. The number of ether oxygens (including phenoxy) is 7. The summed E-state index contributed by atoms with van der Waals surface area (Å²) in [6, 6.07) is 0. The third kappa shape index (κ3) is 6.49. The van der Waals surface area contributed by atoms with Gasteiger partial charge in [-0.3, -0.25) is 0 Å². The molecule has 0 amide bonds. The molecule has 21 heteroatoms. The summed E-state index contributed by atoms with van der Waals surface area (Å²) in [5.41, 5.74) is 0. The van der Waals surface area contributed by atoms with Crippen molar-refractivity contribution in [2.45, 2.75) is 103 Å². The molecule has 45 heavy (non-hydrogen) atoms. The van der Waals surface area contributed by atoms with Gasteiger partial charge in [-0.15, -0.1) is 0 Å². The van der Waals surface area contributed by atoms with Crippen molar-refractivity contribution in [3.05, 3.63) is 0 Å². The number of aliphatic hydroxyl groups excluding tert-OH is 14. The molecule has 4 aliphatic rings. The summed E-state index contributed by atoms with van der Waals surface area (Å²) >= 11 is 0. The lowest BCUT2D eigenvalue weighted by Crippen LogP contribution is -2.63. The van der Waals surface area contributed by atoms with E-state index in [2.05, 4.69) is 0 Å².